The first-order valence-electron chi connectivity index (χ1n) is 6.05. The van der Waals surface area contributed by atoms with Gasteiger partial charge < -0.3 is 9.73 Å². The van der Waals surface area contributed by atoms with Gasteiger partial charge in [-0.05, 0) is 17.5 Å². The highest BCUT2D eigenvalue weighted by Gasteiger charge is 2.16. The molecule has 1 heterocycles. The largest absolute Gasteiger partial charge is 0.439 e. The minimum Gasteiger partial charge on any atom is -0.439 e. The molecule has 2 aromatic rings. The summed E-state index contributed by atoms with van der Waals surface area (Å²) < 4.78 is 5.52. The number of carbonyl (C=O) groups excluding carboxylic acids is 1. The van der Waals surface area contributed by atoms with Gasteiger partial charge >= 0.3 is 0 Å². The number of aromatic nitrogens is 1. The van der Waals surface area contributed by atoms with E-state index in [1.54, 1.807) is 0 Å². The van der Waals surface area contributed by atoms with Crippen molar-refractivity contribution in [2.45, 2.75) is 33.7 Å². The maximum absolute atomic E-state index is 11.7. The average molecular weight is 246 g/mol. The highest BCUT2D eigenvalue weighted by Crippen LogP contribution is 2.18. The lowest BCUT2D eigenvalue weighted by Crippen LogP contribution is -2.27. The quantitative estimate of drug-likeness (QED) is 0.906. The number of amides is 1. The number of oxazole rings is 1. The van der Waals surface area contributed by atoms with Gasteiger partial charge in [0.2, 0.25) is 11.8 Å². The molecule has 0 radical (unpaired) electrons. The first-order chi connectivity index (χ1) is 8.44. The molecular formula is C14H18N2O2. The summed E-state index contributed by atoms with van der Waals surface area (Å²) in [6.07, 6.45) is 0.493. The smallest absolute Gasteiger partial charge is 0.220 e. The first-order valence-corrected chi connectivity index (χ1v) is 6.05. The second-order valence-corrected chi connectivity index (χ2v) is 5.59. The minimum atomic E-state index is -0.00854. The molecule has 0 unspecified atom stereocenters. The predicted octanol–water partition coefficient (Wildman–Crippen LogP) is 2.88. The molecule has 0 fully saturated rings. The van der Waals surface area contributed by atoms with Gasteiger partial charge in [-0.2, -0.15) is 0 Å². The Balaban J connectivity index is 1.96. The summed E-state index contributed by atoms with van der Waals surface area (Å²) in [5, 5.41) is 2.82. The summed E-state index contributed by atoms with van der Waals surface area (Å²) in [6.45, 7) is 6.44. The third-order valence-corrected chi connectivity index (χ3v) is 2.47. The molecule has 1 N–H and O–H groups in total. The van der Waals surface area contributed by atoms with E-state index in [0.717, 1.165) is 11.1 Å². The molecule has 0 aliphatic rings. The maximum Gasteiger partial charge on any atom is 0.220 e. The molecule has 0 saturated heterocycles. The molecule has 4 nitrogen and oxygen atoms in total. The lowest BCUT2D eigenvalue weighted by molar-refractivity contribution is -0.123. The van der Waals surface area contributed by atoms with Crippen molar-refractivity contribution >= 4 is 17.0 Å². The Morgan fingerprint density at radius 2 is 2.06 bits per heavy atom. The van der Waals surface area contributed by atoms with Crippen LogP contribution in [0.15, 0.2) is 28.7 Å². The molecule has 1 aromatic carbocycles. The van der Waals surface area contributed by atoms with Crippen molar-refractivity contribution in [3.63, 3.8) is 0 Å². The van der Waals surface area contributed by atoms with Crippen molar-refractivity contribution in [1.82, 2.24) is 10.3 Å². The number of para-hydroxylation sites is 2. The van der Waals surface area contributed by atoms with Crippen LogP contribution in [0.3, 0.4) is 0 Å². The van der Waals surface area contributed by atoms with E-state index in [9.17, 15) is 4.79 Å². The Hall–Kier alpha value is -1.84. The van der Waals surface area contributed by atoms with Crippen LogP contribution in [-0.4, -0.2) is 10.9 Å². The number of hydrogen-bond donors (Lipinski definition) is 1. The fraction of sp³-hybridized carbons (Fsp3) is 0.429. The van der Waals surface area contributed by atoms with Gasteiger partial charge in [0.25, 0.3) is 0 Å². The number of nitrogens with zero attached hydrogens (tertiary/aromatic N) is 1. The first kappa shape index (κ1) is 12.6. The second kappa shape index (κ2) is 4.80. The Labute approximate surface area is 106 Å². The van der Waals surface area contributed by atoms with E-state index in [4.69, 9.17) is 4.42 Å². The molecular weight excluding hydrogens is 228 g/mol. The van der Waals surface area contributed by atoms with Crippen molar-refractivity contribution in [1.29, 1.82) is 0 Å². The summed E-state index contributed by atoms with van der Waals surface area (Å²) >= 11 is 0. The van der Waals surface area contributed by atoms with E-state index in [1.165, 1.54) is 0 Å². The van der Waals surface area contributed by atoms with E-state index in [2.05, 4.69) is 10.3 Å². The monoisotopic (exact) mass is 246 g/mol. The number of nitrogens with one attached hydrogen (secondary N) is 1. The highest BCUT2D eigenvalue weighted by molar-refractivity contribution is 5.76. The summed E-state index contributed by atoms with van der Waals surface area (Å²) in [5.74, 6) is 0.559. The predicted molar refractivity (Wildman–Crippen MR) is 69.9 cm³/mol. The molecule has 0 atom stereocenters. The second-order valence-electron chi connectivity index (χ2n) is 5.59. The molecule has 4 heteroatoms. The van der Waals surface area contributed by atoms with Crippen LogP contribution in [0.1, 0.15) is 33.1 Å². The van der Waals surface area contributed by atoms with Crippen molar-refractivity contribution in [3.05, 3.63) is 30.2 Å². The van der Waals surface area contributed by atoms with Gasteiger partial charge in [0, 0.05) is 6.42 Å². The van der Waals surface area contributed by atoms with Crippen LogP contribution < -0.4 is 5.32 Å². The third kappa shape index (κ3) is 3.32. The number of rotatable bonds is 3. The number of fused-ring (bicyclic) bond motifs is 1. The van der Waals surface area contributed by atoms with Gasteiger partial charge in [-0.1, -0.05) is 32.9 Å². The van der Waals surface area contributed by atoms with Crippen LogP contribution in [-0.2, 0) is 11.3 Å². The lowest BCUT2D eigenvalue weighted by atomic mass is 9.92. The number of benzene rings is 1. The van der Waals surface area contributed by atoms with Crippen LogP contribution >= 0.6 is 0 Å². The van der Waals surface area contributed by atoms with Gasteiger partial charge in [0.15, 0.2) is 5.58 Å². The van der Waals surface area contributed by atoms with E-state index in [-0.39, 0.29) is 11.3 Å². The number of hydrogen-bond acceptors (Lipinski definition) is 3. The standard InChI is InChI=1S/C14H18N2O2/c1-14(2,3)8-12(17)15-9-13-16-10-6-4-5-7-11(10)18-13/h4-7H,8-9H2,1-3H3,(H,15,17). The van der Waals surface area contributed by atoms with Crippen LogP contribution in [0.5, 0.6) is 0 Å². The Morgan fingerprint density at radius 1 is 1.33 bits per heavy atom. The highest BCUT2D eigenvalue weighted by atomic mass is 16.3. The van der Waals surface area contributed by atoms with E-state index in [0.29, 0.717) is 18.9 Å². The van der Waals surface area contributed by atoms with E-state index in [1.807, 2.05) is 45.0 Å². The summed E-state index contributed by atoms with van der Waals surface area (Å²) in [5.41, 5.74) is 1.56. The Bertz CT molecular complexity index is 519. The molecule has 0 aliphatic carbocycles. The molecule has 0 saturated carbocycles. The van der Waals surface area contributed by atoms with Gasteiger partial charge in [-0.15, -0.1) is 0 Å². The van der Waals surface area contributed by atoms with Crippen LogP contribution in [0.25, 0.3) is 11.1 Å². The molecule has 1 amide bonds. The van der Waals surface area contributed by atoms with E-state index >= 15 is 0 Å². The Kier molecular flexibility index (Phi) is 3.36. The maximum atomic E-state index is 11.7. The van der Waals surface area contributed by atoms with Crippen LogP contribution in [0, 0.1) is 5.41 Å². The van der Waals surface area contributed by atoms with Crippen molar-refractivity contribution in [2.24, 2.45) is 5.41 Å². The van der Waals surface area contributed by atoms with Gasteiger partial charge in [-0.25, -0.2) is 4.98 Å². The van der Waals surface area contributed by atoms with Crippen molar-refractivity contribution < 1.29 is 9.21 Å². The fourth-order valence-electron chi connectivity index (χ4n) is 1.71. The van der Waals surface area contributed by atoms with Gasteiger partial charge in [-0.3, -0.25) is 4.79 Å². The van der Waals surface area contributed by atoms with E-state index < -0.39 is 0 Å². The zero-order chi connectivity index (χ0) is 13.2. The molecule has 0 aliphatic heterocycles. The Morgan fingerprint density at radius 3 is 2.72 bits per heavy atom. The molecule has 2 rings (SSSR count). The summed E-state index contributed by atoms with van der Waals surface area (Å²) in [7, 11) is 0. The molecule has 18 heavy (non-hydrogen) atoms. The lowest BCUT2D eigenvalue weighted by Gasteiger charge is -2.16. The summed E-state index contributed by atoms with van der Waals surface area (Å²) in [6, 6.07) is 7.56. The zero-order valence-corrected chi connectivity index (χ0v) is 11.0. The molecule has 96 valence electrons. The minimum absolute atomic E-state index is 0.00854. The molecule has 0 spiro atoms. The SMILES string of the molecule is CC(C)(C)CC(=O)NCc1nc2ccccc2o1. The van der Waals surface area contributed by atoms with Crippen LogP contribution in [0.4, 0.5) is 0 Å². The molecule has 1 aromatic heterocycles. The van der Waals surface area contributed by atoms with Gasteiger partial charge in [0.1, 0.15) is 5.52 Å². The fourth-order valence-corrected chi connectivity index (χ4v) is 1.71. The zero-order valence-electron chi connectivity index (χ0n) is 11.0. The van der Waals surface area contributed by atoms with Gasteiger partial charge in [0.05, 0.1) is 6.54 Å². The topological polar surface area (TPSA) is 55.1 Å². The third-order valence-electron chi connectivity index (χ3n) is 2.47. The number of carbonyl (C=O) groups is 1. The summed E-state index contributed by atoms with van der Waals surface area (Å²) in [4.78, 5) is 16.0. The van der Waals surface area contributed by atoms with Crippen LogP contribution in [0.2, 0.25) is 0 Å². The van der Waals surface area contributed by atoms with Crippen molar-refractivity contribution in [2.75, 3.05) is 0 Å². The van der Waals surface area contributed by atoms with Crippen molar-refractivity contribution in [3.8, 4) is 0 Å². The molecule has 0 bridgehead atoms. The normalized spacial score (nSPS) is 11.7. The average Bonchev–Trinajstić information content (AvgIpc) is 2.66.